The Labute approximate surface area is 236 Å². The van der Waals surface area contributed by atoms with E-state index >= 15 is 0 Å². The number of aromatic hydroxyl groups is 1. The zero-order chi connectivity index (χ0) is 30.6. The van der Waals surface area contributed by atoms with Gasteiger partial charge in [0.2, 0.25) is 11.8 Å². The fourth-order valence-corrected chi connectivity index (χ4v) is 6.25. The van der Waals surface area contributed by atoms with Crippen LogP contribution in [0.4, 0.5) is 32.0 Å². The summed E-state index contributed by atoms with van der Waals surface area (Å²) in [5.74, 6) is -4.44. The smallest absolute Gasteiger partial charge is 0.416 e. The molecule has 0 aromatic heterocycles. The molecular weight excluding hydrogens is 568 g/mol. The normalized spacial score (nSPS) is 24.9. The fraction of sp³-hybridized carbons (Fsp3) is 0.400. The number of rotatable bonds is 6. The number of phenolic OH excluding ortho intramolecular Hbond substituents is 1. The number of benzene rings is 2. The van der Waals surface area contributed by atoms with Crippen molar-refractivity contribution in [2.24, 2.45) is 17.8 Å². The van der Waals surface area contributed by atoms with Crippen molar-refractivity contribution in [2.75, 3.05) is 18.1 Å². The molecule has 2 aliphatic heterocycles. The highest BCUT2D eigenvalue weighted by Gasteiger charge is 2.57. The number of aliphatic hydroxyl groups is 1. The summed E-state index contributed by atoms with van der Waals surface area (Å²) in [6.45, 7) is 1.44. The molecule has 2 saturated heterocycles. The van der Waals surface area contributed by atoms with E-state index in [0.29, 0.717) is 46.6 Å². The van der Waals surface area contributed by atoms with Crippen molar-refractivity contribution >= 4 is 23.6 Å². The predicted molar refractivity (Wildman–Crippen MR) is 139 cm³/mol. The lowest BCUT2D eigenvalue weighted by atomic mass is 9.69. The molecule has 224 valence electrons. The van der Waals surface area contributed by atoms with E-state index in [4.69, 9.17) is 4.74 Å². The van der Waals surface area contributed by atoms with E-state index in [-0.39, 0.29) is 24.8 Å². The number of amides is 2. The van der Waals surface area contributed by atoms with E-state index in [1.807, 2.05) is 13.0 Å². The molecule has 5 rings (SSSR count). The summed E-state index contributed by atoms with van der Waals surface area (Å²) in [6.07, 6.45) is -8.05. The Morgan fingerprint density at radius 3 is 2.24 bits per heavy atom. The average molecular weight is 596 g/mol. The molecular formula is C30H27F6NO5. The quantitative estimate of drug-likeness (QED) is 0.239. The molecule has 2 N–H and O–H groups in total. The van der Waals surface area contributed by atoms with Crippen molar-refractivity contribution in [2.45, 2.75) is 44.6 Å². The Morgan fingerprint density at radius 1 is 1.00 bits per heavy atom. The number of phenols is 1. The van der Waals surface area contributed by atoms with Crippen molar-refractivity contribution in [3.8, 4) is 5.75 Å². The number of imide groups is 1. The molecule has 0 saturated carbocycles. The minimum Gasteiger partial charge on any atom is -0.507 e. The van der Waals surface area contributed by atoms with Gasteiger partial charge in [0, 0.05) is 11.5 Å². The van der Waals surface area contributed by atoms with Crippen LogP contribution >= 0.6 is 0 Å². The van der Waals surface area contributed by atoms with Crippen LogP contribution in [0.2, 0.25) is 0 Å². The minimum absolute atomic E-state index is 0.0101. The Kier molecular flexibility index (Phi) is 7.73. The molecule has 2 fully saturated rings. The van der Waals surface area contributed by atoms with E-state index < -0.39 is 71.4 Å². The molecule has 1 aliphatic carbocycles. The molecule has 2 aromatic carbocycles. The van der Waals surface area contributed by atoms with Gasteiger partial charge in [0.05, 0.1) is 48.0 Å². The second-order valence-corrected chi connectivity index (χ2v) is 10.8. The van der Waals surface area contributed by atoms with E-state index in [2.05, 4.69) is 0 Å². The zero-order valence-electron chi connectivity index (χ0n) is 22.3. The summed E-state index contributed by atoms with van der Waals surface area (Å²) in [7, 11) is 0. The molecule has 2 amide bonds. The number of ether oxygens (including phenoxy) is 1. The summed E-state index contributed by atoms with van der Waals surface area (Å²) in [5, 5.41) is 20.2. The van der Waals surface area contributed by atoms with Gasteiger partial charge in [0.15, 0.2) is 0 Å². The zero-order valence-corrected chi connectivity index (χ0v) is 22.3. The maximum Gasteiger partial charge on any atom is 0.416 e. The van der Waals surface area contributed by atoms with Crippen molar-refractivity contribution < 1.29 is 50.9 Å². The van der Waals surface area contributed by atoms with Crippen LogP contribution < -0.4 is 4.90 Å². The maximum atomic E-state index is 13.6. The summed E-state index contributed by atoms with van der Waals surface area (Å²) >= 11 is 0. The number of alkyl halides is 6. The van der Waals surface area contributed by atoms with Gasteiger partial charge in [-0.25, -0.2) is 4.90 Å². The number of fused-ring (bicyclic) bond motifs is 3. The van der Waals surface area contributed by atoms with Crippen molar-refractivity contribution in [1.82, 2.24) is 0 Å². The van der Waals surface area contributed by atoms with Crippen LogP contribution in [0.25, 0.3) is 6.08 Å². The van der Waals surface area contributed by atoms with Gasteiger partial charge >= 0.3 is 12.4 Å². The molecule has 2 aromatic rings. The number of allylic oxidation sites excluding steroid dienone is 1. The highest BCUT2D eigenvalue weighted by molar-refractivity contribution is 6.22. The van der Waals surface area contributed by atoms with Gasteiger partial charge < -0.3 is 14.9 Å². The van der Waals surface area contributed by atoms with Gasteiger partial charge in [0.25, 0.3) is 0 Å². The number of nitrogens with zero attached hydrogens (tertiary/aromatic N) is 1. The number of para-hydroxylation sites is 1. The monoisotopic (exact) mass is 595 g/mol. The number of carbonyl (C=O) groups is 2. The van der Waals surface area contributed by atoms with Crippen LogP contribution in [0.5, 0.6) is 5.75 Å². The Morgan fingerprint density at radius 2 is 1.64 bits per heavy atom. The Balaban J connectivity index is 1.42. The Hall–Kier alpha value is -3.64. The first-order valence-electron chi connectivity index (χ1n) is 13.3. The van der Waals surface area contributed by atoms with Gasteiger partial charge in [0.1, 0.15) is 5.75 Å². The molecule has 0 spiro atoms. The molecule has 0 unspecified atom stereocenters. The van der Waals surface area contributed by atoms with Crippen LogP contribution in [0.15, 0.2) is 59.2 Å². The molecule has 4 atom stereocenters. The molecule has 12 heteroatoms. The van der Waals surface area contributed by atoms with E-state index in [1.165, 1.54) is 0 Å². The van der Waals surface area contributed by atoms with Crippen LogP contribution in [-0.4, -0.2) is 41.3 Å². The number of carbonyl (C=O) groups excluding carboxylic acids is 2. The molecule has 0 radical (unpaired) electrons. The van der Waals surface area contributed by atoms with Crippen LogP contribution in [0.1, 0.15) is 42.9 Å². The highest BCUT2D eigenvalue weighted by Crippen LogP contribution is 2.51. The second kappa shape index (κ2) is 10.9. The third kappa shape index (κ3) is 5.45. The number of anilines is 1. The van der Waals surface area contributed by atoms with Crippen molar-refractivity contribution in [1.29, 1.82) is 0 Å². The van der Waals surface area contributed by atoms with Crippen LogP contribution in [0, 0.1) is 17.8 Å². The van der Waals surface area contributed by atoms with Crippen molar-refractivity contribution in [3.05, 3.63) is 75.9 Å². The third-order valence-electron chi connectivity index (χ3n) is 8.17. The Bertz CT molecular complexity index is 1450. The number of halogens is 6. The van der Waals surface area contributed by atoms with Gasteiger partial charge in [-0.2, -0.15) is 26.3 Å². The van der Waals surface area contributed by atoms with Crippen molar-refractivity contribution in [3.63, 3.8) is 0 Å². The first-order valence-corrected chi connectivity index (χ1v) is 13.3. The van der Waals surface area contributed by atoms with Crippen LogP contribution in [-0.2, 0) is 26.7 Å². The summed E-state index contributed by atoms with van der Waals surface area (Å²) in [6, 6.07) is 7.49. The molecule has 2 heterocycles. The first kappa shape index (κ1) is 29.8. The van der Waals surface area contributed by atoms with Crippen LogP contribution in [0.3, 0.4) is 0 Å². The number of aliphatic hydroxyl groups excluding tert-OH is 1. The van der Waals surface area contributed by atoms with E-state index in [1.54, 1.807) is 24.3 Å². The van der Waals surface area contributed by atoms with Gasteiger partial charge in [-0.3, -0.25) is 9.59 Å². The summed E-state index contributed by atoms with van der Waals surface area (Å²) < 4.78 is 86.9. The van der Waals surface area contributed by atoms with Gasteiger partial charge in [-0.15, -0.1) is 0 Å². The summed E-state index contributed by atoms with van der Waals surface area (Å²) in [4.78, 5) is 27.4. The molecule has 3 aliphatic rings. The van der Waals surface area contributed by atoms with Gasteiger partial charge in [-0.05, 0) is 61.6 Å². The number of hydrogen-bond acceptors (Lipinski definition) is 5. The lowest BCUT2D eigenvalue weighted by molar-refractivity contribution is -0.143. The lowest BCUT2D eigenvalue weighted by Gasteiger charge is -2.31. The number of hydrogen-bond donors (Lipinski definition) is 2. The lowest BCUT2D eigenvalue weighted by Crippen LogP contribution is -2.35. The predicted octanol–water partition coefficient (Wildman–Crippen LogP) is 6.13. The third-order valence-corrected chi connectivity index (χ3v) is 8.17. The largest absolute Gasteiger partial charge is 0.507 e. The van der Waals surface area contributed by atoms with Gasteiger partial charge in [-0.1, -0.05) is 29.8 Å². The highest BCUT2D eigenvalue weighted by atomic mass is 19.4. The second-order valence-electron chi connectivity index (χ2n) is 10.8. The molecule has 6 nitrogen and oxygen atoms in total. The fourth-order valence-electron chi connectivity index (χ4n) is 6.25. The standard InChI is InChI=1S/C30H27F6NO5/c1-15(8-16-4-2-3-5-23(16)39)6-7-24-25-17(13-38)9-21-26(22(25)14-42-24)28(41)37(27(21)40)20-11-18(29(31,32)33)10-19(12-20)30(34,35)36/h2-5,8,10-12,21-22,24,26,38-39H,6-7,9,13-14H2,1H3/b15-8+/t21-,22+,24-,26-/m1/s1. The topological polar surface area (TPSA) is 87.1 Å². The minimum atomic E-state index is -5.15. The summed E-state index contributed by atoms with van der Waals surface area (Å²) in [5.41, 5.74) is -1.37. The first-order chi connectivity index (χ1) is 19.7. The SMILES string of the molecule is C/C(=C\c1ccccc1O)CC[C@H]1OC[C@H]2C1=C(CO)C[C@H]1C(=O)N(c3cc(C(F)(F)F)cc(C(F)(F)F)c3)C(=O)[C@H]12. The molecule has 0 bridgehead atoms. The maximum absolute atomic E-state index is 13.6. The van der Waals surface area contributed by atoms with E-state index in [0.717, 1.165) is 5.57 Å². The average Bonchev–Trinajstić information content (AvgIpc) is 3.45. The van der Waals surface area contributed by atoms with E-state index in [9.17, 15) is 46.1 Å². The molecule has 42 heavy (non-hydrogen) atoms.